The van der Waals surface area contributed by atoms with Crippen LogP contribution in [0.15, 0.2) is 17.2 Å². The summed E-state index contributed by atoms with van der Waals surface area (Å²) in [5.41, 5.74) is 1.49. The van der Waals surface area contributed by atoms with Crippen LogP contribution in [-0.2, 0) is 9.53 Å². The lowest BCUT2D eigenvalue weighted by molar-refractivity contribution is -0.119. The van der Waals surface area contributed by atoms with E-state index in [2.05, 4.69) is 15.0 Å². The maximum atomic E-state index is 11.8. The average molecular weight is 467 g/mol. The Morgan fingerprint density at radius 2 is 1.84 bits per heavy atom. The number of anilines is 1. The number of nitrogens with zero attached hydrogens (tertiary/aromatic N) is 4. The van der Waals surface area contributed by atoms with Crippen molar-refractivity contribution in [2.75, 3.05) is 52.5 Å². The number of aromatic nitrogens is 1. The van der Waals surface area contributed by atoms with Crippen LogP contribution in [0.5, 0.6) is 17.2 Å². The van der Waals surface area contributed by atoms with E-state index in [9.17, 15) is 4.79 Å². The maximum Gasteiger partial charge on any atom is 0.230 e. The van der Waals surface area contributed by atoms with E-state index in [0.29, 0.717) is 54.2 Å². The van der Waals surface area contributed by atoms with Gasteiger partial charge in [0.2, 0.25) is 12.2 Å². The molecule has 0 spiro atoms. The second-order valence-corrected chi connectivity index (χ2v) is 8.28. The topological polar surface area (TPSA) is 85.7 Å². The zero-order chi connectivity index (χ0) is 22.0. The zero-order valence-electron chi connectivity index (χ0n) is 17.5. The molecule has 2 aliphatic heterocycles. The Bertz CT molecular complexity index is 967. The fourth-order valence-corrected chi connectivity index (χ4v) is 5.13. The molecule has 1 fully saturated rings. The number of hydrogen-bond acceptors (Lipinski definition) is 9. The Morgan fingerprint density at radius 1 is 1.16 bits per heavy atom. The summed E-state index contributed by atoms with van der Waals surface area (Å²) < 4.78 is 21.7. The molecule has 9 nitrogen and oxygen atoms in total. The molecular weight excluding hydrogens is 444 g/mol. The lowest BCUT2D eigenvalue weighted by atomic mass is 10.0. The first-order valence-corrected chi connectivity index (χ1v) is 10.9. The monoisotopic (exact) mass is 466 g/mol. The molecule has 2 aromatic rings. The number of benzene rings is 1. The Morgan fingerprint density at radius 3 is 2.42 bits per heavy atom. The summed E-state index contributed by atoms with van der Waals surface area (Å²) in [5, 5.41) is 7.13. The van der Waals surface area contributed by atoms with Crippen molar-refractivity contribution in [2.45, 2.75) is 12.5 Å². The van der Waals surface area contributed by atoms with Gasteiger partial charge >= 0.3 is 0 Å². The van der Waals surface area contributed by atoms with Crippen LogP contribution in [0.3, 0.4) is 0 Å². The molecule has 1 aromatic carbocycles. The van der Waals surface area contributed by atoms with E-state index >= 15 is 0 Å². The minimum atomic E-state index is -0.327. The number of rotatable bonds is 7. The van der Waals surface area contributed by atoms with Gasteiger partial charge in [0, 0.05) is 25.1 Å². The second-order valence-electron chi connectivity index (χ2n) is 6.92. The largest absolute Gasteiger partial charge is 0.493 e. The quantitative estimate of drug-likeness (QED) is 0.580. The number of hydrogen-bond donors (Lipinski definition) is 0. The van der Waals surface area contributed by atoms with Gasteiger partial charge in [-0.2, -0.15) is 5.10 Å². The summed E-state index contributed by atoms with van der Waals surface area (Å²) in [4.78, 5) is 19.3. The van der Waals surface area contributed by atoms with E-state index in [-0.39, 0.29) is 6.04 Å². The van der Waals surface area contributed by atoms with Crippen LogP contribution in [0.2, 0.25) is 5.15 Å². The number of carbonyl (C=O) groups excluding carboxylic acids is 1. The van der Waals surface area contributed by atoms with Crippen molar-refractivity contribution in [3.63, 3.8) is 0 Å². The van der Waals surface area contributed by atoms with Crippen molar-refractivity contribution in [1.82, 2.24) is 9.99 Å². The molecule has 11 heteroatoms. The normalized spacial score (nSPS) is 18.7. The van der Waals surface area contributed by atoms with Crippen molar-refractivity contribution >= 4 is 40.2 Å². The summed E-state index contributed by atoms with van der Waals surface area (Å²) in [5.74, 6) is 1.54. The van der Waals surface area contributed by atoms with Crippen molar-refractivity contribution in [3.8, 4) is 17.2 Å². The number of methoxy groups -OCH3 is 3. The summed E-state index contributed by atoms with van der Waals surface area (Å²) in [6, 6.07) is 3.31. The molecule has 4 rings (SSSR count). The fourth-order valence-electron chi connectivity index (χ4n) is 3.66. The standard InChI is InChI=1S/C20H23ClN4O5S/c1-27-15-8-12(9-16(28-2)17(15)29-3)13-10-14(25(11-26)23-13)18-19(21)22-20(31-18)24-4-6-30-7-5-24/h8-9,11,14H,4-7,10H2,1-3H3. The zero-order valence-corrected chi connectivity index (χ0v) is 19.0. The highest BCUT2D eigenvalue weighted by molar-refractivity contribution is 7.16. The molecule has 2 aliphatic rings. The lowest BCUT2D eigenvalue weighted by Crippen LogP contribution is -2.36. The van der Waals surface area contributed by atoms with Crippen LogP contribution in [-0.4, -0.2) is 69.7 Å². The number of morpholine rings is 1. The molecule has 1 saturated heterocycles. The third-order valence-corrected chi connectivity index (χ3v) is 6.85. The van der Waals surface area contributed by atoms with E-state index in [0.717, 1.165) is 28.7 Å². The number of halogens is 1. The molecule has 0 saturated carbocycles. The number of amides is 1. The Kier molecular flexibility index (Phi) is 6.49. The van der Waals surface area contributed by atoms with Crippen LogP contribution in [0, 0.1) is 0 Å². The van der Waals surface area contributed by atoms with Gasteiger partial charge in [-0.05, 0) is 12.1 Å². The highest BCUT2D eigenvalue weighted by Crippen LogP contribution is 2.43. The van der Waals surface area contributed by atoms with E-state index in [4.69, 9.17) is 30.5 Å². The van der Waals surface area contributed by atoms with E-state index in [1.165, 1.54) is 16.3 Å². The minimum Gasteiger partial charge on any atom is -0.493 e. The second kappa shape index (κ2) is 9.29. The Hall–Kier alpha value is -2.56. The van der Waals surface area contributed by atoms with Crippen molar-refractivity contribution in [1.29, 1.82) is 0 Å². The summed E-state index contributed by atoms with van der Waals surface area (Å²) in [6.45, 7) is 2.84. The fraction of sp³-hybridized carbons (Fsp3) is 0.450. The molecule has 31 heavy (non-hydrogen) atoms. The maximum absolute atomic E-state index is 11.8. The highest BCUT2D eigenvalue weighted by atomic mass is 35.5. The molecule has 1 atom stereocenters. The SMILES string of the molecule is COc1cc(C2=NN(C=O)C(c3sc(N4CCOCC4)nc3Cl)C2)cc(OC)c1OC. The van der Waals surface area contributed by atoms with Crippen molar-refractivity contribution in [2.24, 2.45) is 5.10 Å². The van der Waals surface area contributed by atoms with E-state index in [1.807, 2.05) is 12.1 Å². The van der Waals surface area contributed by atoms with Gasteiger partial charge in [-0.25, -0.2) is 9.99 Å². The smallest absolute Gasteiger partial charge is 0.230 e. The predicted molar refractivity (Wildman–Crippen MR) is 118 cm³/mol. The van der Waals surface area contributed by atoms with Gasteiger partial charge in [-0.15, -0.1) is 0 Å². The molecule has 166 valence electrons. The molecule has 1 unspecified atom stereocenters. The lowest BCUT2D eigenvalue weighted by Gasteiger charge is -2.26. The first kappa shape index (κ1) is 21.7. The Balaban J connectivity index is 1.63. The number of hydrazone groups is 1. The van der Waals surface area contributed by atoms with Gasteiger partial charge in [-0.3, -0.25) is 4.79 Å². The summed E-state index contributed by atoms with van der Waals surface area (Å²) >= 11 is 7.97. The molecular formula is C20H23ClN4O5S. The third-order valence-electron chi connectivity index (χ3n) is 5.23. The molecule has 0 N–H and O–H groups in total. The van der Waals surface area contributed by atoms with E-state index in [1.54, 1.807) is 21.3 Å². The number of carbonyl (C=O) groups is 1. The molecule has 3 heterocycles. The van der Waals surface area contributed by atoms with Gasteiger partial charge in [0.25, 0.3) is 0 Å². The number of ether oxygens (including phenoxy) is 4. The molecule has 0 bridgehead atoms. The molecule has 1 amide bonds. The van der Waals surface area contributed by atoms with Gasteiger partial charge < -0.3 is 23.8 Å². The predicted octanol–water partition coefficient (Wildman–Crippen LogP) is 2.97. The van der Waals surface area contributed by atoms with Crippen LogP contribution in [0.1, 0.15) is 22.9 Å². The first-order valence-electron chi connectivity index (χ1n) is 9.70. The molecule has 0 aliphatic carbocycles. The summed E-state index contributed by atoms with van der Waals surface area (Å²) in [6.07, 6.45) is 1.20. The Labute approximate surface area is 189 Å². The first-order chi connectivity index (χ1) is 15.1. The van der Waals surface area contributed by atoms with Crippen LogP contribution < -0.4 is 19.1 Å². The molecule has 1 aromatic heterocycles. The number of thiazole rings is 1. The van der Waals surface area contributed by atoms with Crippen LogP contribution in [0.25, 0.3) is 0 Å². The van der Waals surface area contributed by atoms with Gasteiger partial charge in [0.05, 0.1) is 51.2 Å². The van der Waals surface area contributed by atoms with Gasteiger partial charge in [-0.1, -0.05) is 22.9 Å². The van der Waals surface area contributed by atoms with E-state index < -0.39 is 0 Å². The molecule has 0 radical (unpaired) electrons. The average Bonchev–Trinajstić information content (AvgIpc) is 3.41. The van der Waals surface area contributed by atoms with Gasteiger partial charge in [0.1, 0.15) is 5.15 Å². The minimum absolute atomic E-state index is 0.327. The third kappa shape index (κ3) is 4.15. The summed E-state index contributed by atoms with van der Waals surface area (Å²) in [7, 11) is 4.67. The van der Waals surface area contributed by atoms with Crippen LogP contribution in [0.4, 0.5) is 5.13 Å². The van der Waals surface area contributed by atoms with Gasteiger partial charge in [0.15, 0.2) is 16.6 Å². The van der Waals surface area contributed by atoms with Crippen molar-refractivity contribution < 1.29 is 23.7 Å². The van der Waals surface area contributed by atoms with Crippen LogP contribution >= 0.6 is 22.9 Å². The van der Waals surface area contributed by atoms with Crippen molar-refractivity contribution in [3.05, 3.63) is 27.7 Å². The highest BCUT2D eigenvalue weighted by Gasteiger charge is 2.34.